The molecule has 2 aliphatic rings. The lowest BCUT2D eigenvalue weighted by Gasteiger charge is -2.37. The highest BCUT2D eigenvalue weighted by atomic mass is 16.5. The maximum absolute atomic E-state index is 12.8. The summed E-state index contributed by atoms with van der Waals surface area (Å²) >= 11 is 0. The second-order valence-electron chi connectivity index (χ2n) is 8.32. The predicted molar refractivity (Wildman–Crippen MR) is 110 cm³/mol. The van der Waals surface area contributed by atoms with E-state index in [1.54, 1.807) is 0 Å². The van der Waals surface area contributed by atoms with E-state index in [-0.39, 0.29) is 12.5 Å². The molecule has 0 radical (unpaired) electrons. The fourth-order valence-corrected chi connectivity index (χ4v) is 4.35. The van der Waals surface area contributed by atoms with Crippen LogP contribution in [0, 0.1) is 13.8 Å². The number of piperidine rings is 1. The van der Waals surface area contributed by atoms with Crippen molar-refractivity contribution in [2.75, 3.05) is 32.8 Å². The van der Waals surface area contributed by atoms with Crippen LogP contribution < -0.4 is 4.74 Å². The molecule has 0 unspecified atom stereocenters. The van der Waals surface area contributed by atoms with E-state index < -0.39 is 0 Å². The first-order chi connectivity index (χ1) is 13.1. The van der Waals surface area contributed by atoms with Gasteiger partial charge in [0, 0.05) is 19.1 Å². The van der Waals surface area contributed by atoms with Crippen LogP contribution in [0.4, 0.5) is 0 Å². The van der Waals surface area contributed by atoms with Crippen molar-refractivity contribution in [2.24, 2.45) is 0 Å². The van der Waals surface area contributed by atoms with Gasteiger partial charge in [-0.2, -0.15) is 0 Å². The molecule has 2 fully saturated rings. The number of carbonyl (C=O) groups is 1. The third-order valence-electron chi connectivity index (χ3n) is 6.27. The zero-order valence-electron chi connectivity index (χ0n) is 17.2. The molecule has 2 aliphatic heterocycles. The molecule has 4 nitrogen and oxygen atoms in total. The summed E-state index contributed by atoms with van der Waals surface area (Å²) in [5.74, 6) is 0.943. The zero-order chi connectivity index (χ0) is 19.1. The summed E-state index contributed by atoms with van der Waals surface area (Å²) < 4.78 is 5.81. The Hall–Kier alpha value is -1.55. The van der Waals surface area contributed by atoms with Gasteiger partial charge < -0.3 is 14.5 Å². The molecule has 1 aromatic carbocycles. The van der Waals surface area contributed by atoms with Crippen LogP contribution in [0.2, 0.25) is 0 Å². The monoisotopic (exact) mass is 372 g/mol. The van der Waals surface area contributed by atoms with Crippen molar-refractivity contribution >= 4 is 5.91 Å². The average Bonchev–Trinajstić information content (AvgIpc) is 2.96. The Balaban J connectivity index is 1.50. The summed E-state index contributed by atoms with van der Waals surface area (Å²) in [7, 11) is 0. The normalized spacial score (nSPS) is 21.7. The molecule has 0 bridgehead atoms. The van der Waals surface area contributed by atoms with Gasteiger partial charge in [0.1, 0.15) is 5.75 Å². The third-order valence-corrected chi connectivity index (χ3v) is 6.27. The van der Waals surface area contributed by atoms with Gasteiger partial charge in [0.2, 0.25) is 0 Å². The molecule has 0 N–H and O–H groups in total. The highest BCUT2D eigenvalue weighted by molar-refractivity contribution is 5.78. The molecular weight excluding hydrogens is 336 g/mol. The van der Waals surface area contributed by atoms with Crippen molar-refractivity contribution in [1.29, 1.82) is 0 Å². The fraction of sp³-hybridized carbons (Fsp3) is 0.696. The van der Waals surface area contributed by atoms with Gasteiger partial charge in [0.25, 0.3) is 5.91 Å². The van der Waals surface area contributed by atoms with Gasteiger partial charge in [0.05, 0.1) is 0 Å². The largest absolute Gasteiger partial charge is 0.484 e. The number of benzene rings is 1. The lowest BCUT2D eigenvalue weighted by molar-refractivity contribution is -0.137. The Labute approximate surface area is 164 Å². The van der Waals surface area contributed by atoms with Gasteiger partial charge >= 0.3 is 0 Å². The predicted octanol–water partition coefficient (Wildman–Crippen LogP) is 4.33. The number of amides is 1. The number of hydrogen-bond donors (Lipinski definition) is 0. The number of nitrogens with zero attached hydrogens (tertiary/aromatic N) is 2. The van der Waals surface area contributed by atoms with Crippen LogP contribution >= 0.6 is 0 Å². The second kappa shape index (κ2) is 10.1. The number of ether oxygens (including phenoxy) is 1. The third kappa shape index (κ3) is 5.97. The Morgan fingerprint density at radius 3 is 2.48 bits per heavy atom. The van der Waals surface area contributed by atoms with Crippen molar-refractivity contribution in [1.82, 2.24) is 9.80 Å². The summed E-state index contributed by atoms with van der Waals surface area (Å²) in [6.07, 6.45) is 10.0. The Kier molecular flexibility index (Phi) is 7.57. The molecule has 27 heavy (non-hydrogen) atoms. The highest BCUT2D eigenvalue weighted by Crippen LogP contribution is 2.22. The van der Waals surface area contributed by atoms with Gasteiger partial charge in [-0.05, 0) is 88.7 Å². The molecule has 3 rings (SSSR count). The maximum atomic E-state index is 12.8. The number of aryl methyl sites for hydroxylation is 2. The van der Waals surface area contributed by atoms with E-state index in [4.69, 9.17) is 4.74 Å². The molecule has 2 saturated heterocycles. The molecule has 1 atom stereocenters. The van der Waals surface area contributed by atoms with Gasteiger partial charge in [-0.15, -0.1) is 0 Å². The van der Waals surface area contributed by atoms with E-state index in [0.717, 1.165) is 38.1 Å². The maximum Gasteiger partial charge on any atom is 0.260 e. The zero-order valence-corrected chi connectivity index (χ0v) is 17.2. The van der Waals surface area contributed by atoms with Gasteiger partial charge in [-0.1, -0.05) is 18.9 Å². The molecule has 0 saturated carbocycles. The van der Waals surface area contributed by atoms with E-state index in [2.05, 4.69) is 29.7 Å². The minimum atomic E-state index is 0.147. The van der Waals surface area contributed by atoms with Crippen molar-refractivity contribution in [2.45, 2.75) is 71.3 Å². The van der Waals surface area contributed by atoms with Crippen LogP contribution in [0.3, 0.4) is 0 Å². The van der Waals surface area contributed by atoms with Crippen LogP contribution in [-0.4, -0.2) is 54.5 Å². The van der Waals surface area contributed by atoms with E-state index in [1.807, 2.05) is 12.1 Å². The number of rotatable bonds is 6. The molecule has 4 heteroatoms. The molecule has 2 heterocycles. The topological polar surface area (TPSA) is 32.8 Å². The molecule has 0 aromatic heterocycles. The first-order valence-corrected chi connectivity index (χ1v) is 10.9. The standard InChI is InChI=1S/C23H36N2O2/c1-19-10-11-22(17-20(19)2)27-18-23(26)25-15-8-5-9-21(25)12-16-24-13-6-3-4-7-14-24/h10-11,17,21H,3-9,12-16,18H2,1-2H3/t21-/m1/s1. The van der Waals surface area contributed by atoms with Crippen LogP contribution in [0.25, 0.3) is 0 Å². The van der Waals surface area contributed by atoms with Gasteiger partial charge in [-0.25, -0.2) is 0 Å². The minimum absolute atomic E-state index is 0.147. The van der Waals surface area contributed by atoms with E-state index in [1.165, 1.54) is 56.3 Å². The van der Waals surface area contributed by atoms with Gasteiger partial charge in [0.15, 0.2) is 6.61 Å². The first kappa shape index (κ1) is 20.2. The van der Waals surface area contributed by atoms with E-state index in [9.17, 15) is 4.79 Å². The number of likely N-dealkylation sites (tertiary alicyclic amines) is 2. The van der Waals surface area contributed by atoms with E-state index >= 15 is 0 Å². The molecule has 1 aromatic rings. The van der Waals surface area contributed by atoms with Crippen molar-refractivity contribution in [3.8, 4) is 5.75 Å². The molecule has 0 aliphatic carbocycles. The average molecular weight is 373 g/mol. The number of hydrogen-bond acceptors (Lipinski definition) is 3. The lowest BCUT2D eigenvalue weighted by Crippen LogP contribution is -2.47. The highest BCUT2D eigenvalue weighted by Gasteiger charge is 2.27. The lowest BCUT2D eigenvalue weighted by atomic mass is 9.99. The van der Waals surface area contributed by atoms with Crippen LogP contribution in [-0.2, 0) is 4.79 Å². The fourth-order valence-electron chi connectivity index (χ4n) is 4.35. The Morgan fingerprint density at radius 1 is 1.00 bits per heavy atom. The Morgan fingerprint density at radius 2 is 1.74 bits per heavy atom. The SMILES string of the molecule is Cc1ccc(OCC(=O)N2CCCC[C@@H]2CCN2CCCCCC2)cc1C. The van der Waals surface area contributed by atoms with Crippen molar-refractivity contribution < 1.29 is 9.53 Å². The van der Waals surface area contributed by atoms with Crippen LogP contribution in [0.1, 0.15) is 62.5 Å². The quantitative estimate of drug-likeness (QED) is 0.745. The number of carbonyl (C=O) groups excluding carboxylic acids is 1. The Bertz CT molecular complexity index is 608. The van der Waals surface area contributed by atoms with Crippen molar-refractivity contribution in [3.05, 3.63) is 29.3 Å². The second-order valence-corrected chi connectivity index (χ2v) is 8.32. The molecule has 0 spiro atoms. The molecular formula is C23H36N2O2. The summed E-state index contributed by atoms with van der Waals surface area (Å²) in [5, 5.41) is 0. The van der Waals surface area contributed by atoms with E-state index in [0.29, 0.717) is 6.04 Å². The van der Waals surface area contributed by atoms with Crippen molar-refractivity contribution in [3.63, 3.8) is 0 Å². The summed E-state index contributed by atoms with van der Waals surface area (Å²) in [6.45, 7) is 8.81. The molecule has 1 amide bonds. The van der Waals surface area contributed by atoms with Gasteiger partial charge in [-0.3, -0.25) is 4.79 Å². The van der Waals surface area contributed by atoms with Crippen LogP contribution in [0.15, 0.2) is 18.2 Å². The van der Waals surface area contributed by atoms with Crippen LogP contribution in [0.5, 0.6) is 5.75 Å². The summed E-state index contributed by atoms with van der Waals surface area (Å²) in [4.78, 5) is 17.5. The first-order valence-electron chi connectivity index (χ1n) is 10.9. The smallest absolute Gasteiger partial charge is 0.260 e. The summed E-state index contributed by atoms with van der Waals surface area (Å²) in [5.41, 5.74) is 2.45. The minimum Gasteiger partial charge on any atom is -0.484 e. The molecule has 150 valence electrons. The summed E-state index contributed by atoms with van der Waals surface area (Å²) in [6, 6.07) is 6.43.